The largest absolute Gasteiger partial charge is 0.480 e. The first-order valence-electron chi connectivity index (χ1n) is 5.40. The van der Waals surface area contributed by atoms with Crippen LogP contribution in [-0.2, 0) is 16.0 Å². The van der Waals surface area contributed by atoms with Crippen LogP contribution >= 0.6 is 0 Å². The van der Waals surface area contributed by atoms with Gasteiger partial charge in [-0.05, 0) is 12.3 Å². The first-order valence-corrected chi connectivity index (χ1v) is 5.40. The van der Waals surface area contributed by atoms with E-state index in [1.54, 1.807) is 6.07 Å². The lowest BCUT2D eigenvalue weighted by molar-refractivity contribution is -0.142. The van der Waals surface area contributed by atoms with Crippen LogP contribution in [0, 0.1) is 5.92 Å². The van der Waals surface area contributed by atoms with E-state index in [1.165, 1.54) is 6.26 Å². The Morgan fingerprint density at radius 2 is 2.24 bits per heavy atom. The van der Waals surface area contributed by atoms with Gasteiger partial charge in [-0.1, -0.05) is 19.0 Å². The number of rotatable bonds is 6. The SMILES string of the molecule is CC(C)C[C@@H](NC(=O)Cc1ccon1)C(=O)O. The van der Waals surface area contributed by atoms with Crippen LogP contribution < -0.4 is 5.32 Å². The monoisotopic (exact) mass is 240 g/mol. The summed E-state index contributed by atoms with van der Waals surface area (Å²) in [4.78, 5) is 22.5. The average Bonchev–Trinajstić information content (AvgIpc) is 2.68. The third kappa shape index (κ3) is 4.67. The number of amides is 1. The van der Waals surface area contributed by atoms with Gasteiger partial charge in [0, 0.05) is 6.07 Å². The summed E-state index contributed by atoms with van der Waals surface area (Å²) < 4.78 is 4.59. The molecular formula is C11H16N2O4. The van der Waals surface area contributed by atoms with Crippen molar-refractivity contribution in [1.82, 2.24) is 10.5 Å². The molecule has 0 bridgehead atoms. The van der Waals surface area contributed by atoms with Crippen LogP contribution in [0.15, 0.2) is 16.9 Å². The third-order valence-corrected chi connectivity index (χ3v) is 2.17. The highest BCUT2D eigenvalue weighted by atomic mass is 16.5. The first-order chi connectivity index (χ1) is 7.99. The number of aliphatic carboxylic acids is 1. The molecule has 1 rings (SSSR count). The van der Waals surface area contributed by atoms with Crippen LogP contribution in [0.3, 0.4) is 0 Å². The minimum absolute atomic E-state index is 0.0262. The van der Waals surface area contributed by atoms with Gasteiger partial charge in [0.05, 0.1) is 12.1 Å². The standard InChI is InChI=1S/C11H16N2O4/c1-7(2)5-9(11(15)16)12-10(14)6-8-3-4-17-13-8/h3-4,7,9H,5-6H2,1-2H3,(H,12,14)(H,15,16)/t9-/m1/s1. The molecule has 0 aliphatic carbocycles. The summed E-state index contributed by atoms with van der Waals surface area (Å²) in [5.74, 6) is -1.19. The summed E-state index contributed by atoms with van der Waals surface area (Å²) in [6.45, 7) is 3.81. The summed E-state index contributed by atoms with van der Waals surface area (Å²) in [5, 5.41) is 15.0. The van der Waals surface area contributed by atoms with Crippen LogP contribution in [-0.4, -0.2) is 28.2 Å². The summed E-state index contributed by atoms with van der Waals surface area (Å²) in [7, 11) is 0. The number of hydrogen-bond acceptors (Lipinski definition) is 4. The Bertz CT molecular complexity index is 373. The van der Waals surface area contributed by atoms with Crippen molar-refractivity contribution in [1.29, 1.82) is 0 Å². The minimum atomic E-state index is -1.02. The molecule has 94 valence electrons. The second-order valence-electron chi connectivity index (χ2n) is 4.26. The molecule has 0 unspecified atom stereocenters. The molecule has 0 fully saturated rings. The van der Waals surface area contributed by atoms with E-state index in [1.807, 2.05) is 13.8 Å². The summed E-state index contributed by atoms with van der Waals surface area (Å²) in [6, 6.07) is 0.715. The molecule has 17 heavy (non-hydrogen) atoms. The molecule has 1 aromatic rings. The fourth-order valence-corrected chi connectivity index (χ4v) is 1.43. The van der Waals surface area contributed by atoms with E-state index >= 15 is 0 Å². The molecule has 1 aromatic heterocycles. The minimum Gasteiger partial charge on any atom is -0.480 e. The van der Waals surface area contributed by atoms with E-state index in [-0.39, 0.29) is 18.2 Å². The van der Waals surface area contributed by atoms with E-state index in [9.17, 15) is 9.59 Å². The second-order valence-corrected chi connectivity index (χ2v) is 4.26. The van der Waals surface area contributed by atoms with Gasteiger partial charge in [-0.25, -0.2) is 4.79 Å². The number of nitrogens with zero attached hydrogens (tertiary/aromatic N) is 1. The lowest BCUT2D eigenvalue weighted by Crippen LogP contribution is -2.42. The Morgan fingerprint density at radius 1 is 1.53 bits per heavy atom. The predicted octanol–water partition coefficient (Wildman–Crippen LogP) is 0.833. The molecule has 0 aliphatic heterocycles. The normalized spacial score (nSPS) is 12.4. The number of carbonyl (C=O) groups excluding carboxylic acids is 1. The maximum atomic E-state index is 11.6. The highest BCUT2D eigenvalue weighted by molar-refractivity contribution is 5.84. The maximum absolute atomic E-state index is 11.6. The lowest BCUT2D eigenvalue weighted by Gasteiger charge is -2.15. The van der Waals surface area contributed by atoms with Crippen molar-refractivity contribution >= 4 is 11.9 Å². The van der Waals surface area contributed by atoms with Gasteiger partial charge in [-0.2, -0.15) is 0 Å². The van der Waals surface area contributed by atoms with Gasteiger partial charge in [0.15, 0.2) is 0 Å². The number of hydrogen-bond donors (Lipinski definition) is 2. The van der Waals surface area contributed by atoms with Gasteiger partial charge in [-0.3, -0.25) is 4.79 Å². The van der Waals surface area contributed by atoms with E-state index in [4.69, 9.17) is 5.11 Å². The lowest BCUT2D eigenvalue weighted by atomic mass is 10.0. The van der Waals surface area contributed by atoms with Crippen LogP contribution in [0.25, 0.3) is 0 Å². The van der Waals surface area contributed by atoms with Gasteiger partial charge >= 0.3 is 5.97 Å². The van der Waals surface area contributed by atoms with Crippen molar-refractivity contribution in [2.75, 3.05) is 0 Å². The average molecular weight is 240 g/mol. The molecule has 0 aromatic carbocycles. The van der Waals surface area contributed by atoms with Crippen LogP contribution in [0.1, 0.15) is 26.0 Å². The number of nitrogens with one attached hydrogen (secondary N) is 1. The molecule has 1 atom stereocenters. The Hall–Kier alpha value is -1.85. The Labute approximate surface area is 99.0 Å². The molecule has 1 amide bonds. The molecule has 6 heteroatoms. The molecule has 0 saturated heterocycles. The highest BCUT2D eigenvalue weighted by Crippen LogP contribution is 2.05. The zero-order chi connectivity index (χ0) is 12.8. The topological polar surface area (TPSA) is 92.4 Å². The molecule has 0 spiro atoms. The van der Waals surface area contributed by atoms with Crippen LogP contribution in [0.4, 0.5) is 0 Å². The Kier molecular flexibility index (Phi) is 4.68. The summed E-state index contributed by atoms with van der Waals surface area (Å²) in [6.07, 6.45) is 1.80. The third-order valence-electron chi connectivity index (χ3n) is 2.17. The van der Waals surface area contributed by atoms with Gasteiger partial charge in [0.2, 0.25) is 5.91 Å². The van der Waals surface area contributed by atoms with Gasteiger partial charge in [0.25, 0.3) is 0 Å². The van der Waals surface area contributed by atoms with Crippen LogP contribution in [0.2, 0.25) is 0 Å². The van der Waals surface area contributed by atoms with Crippen molar-refractivity contribution in [2.24, 2.45) is 5.92 Å². The highest BCUT2D eigenvalue weighted by Gasteiger charge is 2.21. The number of carboxylic acids is 1. The van der Waals surface area contributed by atoms with E-state index < -0.39 is 12.0 Å². The second kappa shape index (κ2) is 6.03. The molecule has 6 nitrogen and oxygen atoms in total. The Morgan fingerprint density at radius 3 is 2.71 bits per heavy atom. The quantitative estimate of drug-likeness (QED) is 0.768. The van der Waals surface area contributed by atoms with Gasteiger partial charge < -0.3 is 14.9 Å². The number of carbonyl (C=O) groups is 2. The number of aromatic nitrogens is 1. The zero-order valence-electron chi connectivity index (χ0n) is 9.84. The fourth-order valence-electron chi connectivity index (χ4n) is 1.43. The van der Waals surface area contributed by atoms with Crippen molar-refractivity contribution in [3.05, 3.63) is 18.0 Å². The molecule has 0 saturated carbocycles. The Balaban J connectivity index is 2.49. The smallest absolute Gasteiger partial charge is 0.326 e. The molecule has 0 aliphatic rings. The van der Waals surface area contributed by atoms with Gasteiger partial charge in [0.1, 0.15) is 12.3 Å². The molecule has 0 radical (unpaired) electrons. The zero-order valence-corrected chi connectivity index (χ0v) is 9.84. The predicted molar refractivity (Wildman–Crippen MR) is 59.2 cm³/mol. The number of carboxylic acid groups (broad SMARTS) is 1. The summed E-state index contributed by atoms with van der Waals surface area (Å²) >= 11 is 0. The summed E-state index contributed by atoms with van der Waals surface area (Å²) in [5.41, 5.74) is 0.483. The van der Waals surface area contributed by atoms with Gasteiger partial charge in [-0.15, -0.1) is 0 Å². The fraction of sp³-hybridized carbons (Fsp3) is 0.545. The first kappa shape index (κ1) is 13.2. The molecule has 2 N–H and O–H groups in total. The van der Waals surface area contributed by atoms with E-state index in [0.29, 0.717) is 12.1 Å². The van der Waals surface area contributed by atoms with Crippen molar-refractivity contribution in [2.45, 2.75) is 32.7 Å². The molecular weight excluding hydrogens is 224 g/mol. The van der Waals surface area contributed by atoms with Crippen molar-refractivity contribution in [3.8, 4) is 0 Å². The van der Waals surface area contributed by atoms with Crippen LogP contribution in [0.5, 0.6) is 0 Å². The van der Waals surface area contributed by atoms with E-state index in [0.717, 1.165) is 0 Å². The molecule has 1 heterocycles. The maximum Gasteiger partial charge on any atom is 0.326 e. The van der Waals surface area contributed by atoms with E-state index in [2.05, 4.69) is 15.0 Å². The van der Waals surface area contributed by atoms with Crippen molar-refractivity contribution < 1.29 is 19.2 Å². The van der Waals surface area contributed by atoms with Crippen molar-refractivity contribution in [3.63, 3.8) is 0 Å².